The minimum atomic E-state index is 0.529. The standard InChI is InChI=1S/C13H10BrN3/c1-8-9(3-2-4-12(8)16)10-5-6-17-13(14)11(10)7-15/h2-6H,16H2,1H3. The molecule has 0 saturated carbocycles. The van der Waals surface area contributed by atoms with Gasteiger partial charge in [-0.2, -0.15) is 5.26 Å². The lowest BCUT2D eigenvalue weighted by atomic mass is 9.97. The van der Waals surface area contributed by atoms with E-state index in [2.05, 4.69) is 27.0 Å². The monoisotopic (exact) mass is 287 g/mol. The van der Waals surface area contributed by atoms with Gasteiger partial charge in [-0.3, -0.25) is 0 Å². The van der Waals surface area contributed by atoms with E-state index in [1.165, 1.54) is 0 Å². The van der Waals surface area contributed by atoms with Gasteiger partial charge in [0.2, 0.25) is 0 Å². The summed E-state index contributed by atoms with van der Waals surface area (Å²) >= 11 is 3.28. The van der Waals surface area contributed by atoms with Gasteiger partial charge in [0.05, 0.1) is 5.56 Å². The van der Waals surface area contributed by atoms with Crippen LogP contribution in [0.3, 0.4) is 0 Å². The van der Waals surface area contributed by atoms with Crippen LogP contribution in [-0.4, -0.2) is 4.98 Å². The maximum Gasteiger partial charge on any atom is 0.124 e. The number of pyridine rings is 1. The van der Waals surface area contributed by atoms with Crippen LogP contribution in [0.2, 0.25) is 0 Å². The SMILES string of the molecule is Cc1c(N)cccc1-c1ccnc(Br)c1C#N. The zero-order valence-corrected chi connectivity index (χ0v) is 10.8. The summed E-state index contributed by atoms with van der Waals surface area (Å²) in [6.07, 6.45) is 1.67. The van der Waals surface area contributed by atoms with E-state index < -0.39 is 0 Å². The summed E-state index contributed by atoms with van der Waals surface area (Å²) < 4.78 is 0.555. The highest BCUT2D eigenvalue weighted by Crippen LogP contribution is 2.31. The lowest BCUT2D eigenvalue weighted by molar-refractivity contribution is 1.25. The van der Waals surface area contributed by atoms with E-state index in [0.717, 1.165) is 22.4 Å². The van der Waals surface area contributed by atoms with Crippen LogP contribution >= 0.6 is 15.9 Å². The third-order valence-electron chi connectivity index (χ3n) is 2.68. The Balaban J connectivity index is 2.74. The molecule has 0 bridgehead atoms. The van der Waals surface area contributed by atoms with Crippen molar-refractivity contribution in [3.63, 3.8) is 0 Å². The molecular formula is C13H10BrN3. The molecule has 2 N–H and O–H groups in total. The first kappa shape index (κ1) is 11.6. The average Bonchev–Trinajstić information content (AvgIpc) is 2.32. The molecule has 1 aromatic carbocycles. The van der Waals surface area contributed by atoms with Gasteiger partial charge >= 0.3 is 0 Å². The van der Waals surface area contributed by atoms with Gasteiger partial charge in [0.1, 0.15) is 10.7 Å². The Hall–Kier alpha value is -1.86. The summed E-state index contributed by atoms with van der Waals surface area (Å²) in [6.45, 7) is 1.94. The predicted molar refractivity (Wildman–Crippen MR) is 71.2 cm³/mol. The summed E-state index contributed by atoms with van der Waals surface area (Å²) in [4.78, 5) is 4.05. The molecule has 0 aliphatic carbocycles. The van der Waals surface area contributed by atoms with Crippen molar-refractivity contribution in [1.82, 2.24) is 4.98 Å². The van der Waals surface area contributed by atoms with E-state index in [1.54, 1.807) is 6.20 Å². The van der Waals surface area contributed by atoms with Crippen LogP contribution in [-0.2, 0) is 0 Å². The Morgan fingerprint density at radius 1 is 1.29 bits per heavy atom. The van der Waals surface area contributed by atoms with Gasteiger partial charge in [0.15, 0.2) is 0 Å². The topological polar surface area (TPSA) is 62.7 Å². The number of halogens is 1. The number of benzene rings is 1. The Labute approximate surface area is 108 Å². The number of nitrogen functional groups attached to an aromatic ring is 1. The first-order valence-corrected chi connectivity index (χ1v) is 5.84. The molecule has 3 nitrogen and oxygen atoms in total. The molecule has 0 radical (unpaired) electrons. The second-order valence-corrected chi connectivity index (χ2v) is 4.41. The number of hydrogen-bond donors (Lipinski definition) is 1. The smallest absolute Gasteiger partial charge is 0.124 e. The van der Waals surface area contributed by atoms with Crippen LogP contribution in [0.5, 0.6) is 0 Å². The maximum absolute atomic E-state index is 9.17. The zero-order chi connectivity index (χ0) is 12.4. The lowest BCUT2D eigenvalue weighted by Crippen LogP contribution is -1.95. The molecule has 1 aromatic heterocycles. The van der Waals surface area contributed by atoms with Crippen LogP contribution in [0, 0.1) is 18.3 Å². The summed E-state index contributed by atoms with van der Waals surface area (Å²) in [5, 5.41) is 9.17. The first-order chi connectivity index (χ1) is 8.15. The number of anilines is 1. The highest BCUT2D eigenvalue weighted by Gasteiger charge is 2.11. The van der Waals surface area contributed by atoms with Crippen molar-refractivity contribution in [3.8, 4) is 17.2 Å². The van der Waals surface area contributed by atoms with Crippen molar-refractivity contribution in [1.29, 1.82) is 5.26 Å². The Morgan fingerprint density at radius 2 is 2.06 bits per heavy atom. The van der Waals surface area contributed by atoms with Crippen molar-refractivity contribution in [2.75, 3.05) is 5.73 Å². The van der Waals surface area contributed by atoms with Gasteiger partial charge in [-0.1, -0.05) is 12.1 Å². The highest BCUT2D eigenvalue weighted by molar-refractivity contribution is 9.10. The van der Waals surface area contributed by atoms with Crippen molar-refractivity contribution >= 4 is 21.6 Å². The summed E-state index contributed by atoms with van der Waals surface area (Å²) in [5.74, 6) is 0. The number of hydrogen-bond acceptors (Lipinski definition) is 3. The molecule has 0 aliphatic heterocycles. The van der Waals surface area contributed by atoms with Gasteiger partial charge in [-0.15, -0.1) is 0 Å². The maximum atomic E-state index is 9.17. The fourth-order valence-corrected chi connectivity index (χ4v) is 2.13. The molecule has 4 heteroatoms. The van der Waals surface area contributed by atoms with E-state index in [-0.39, 0.29) is 0 Å². The Bertz CT molecular complexity index is 615. The normalized spacial score (nSPS) is 9.94. The van der Waals surface area contributed by atoms with Gasteiger partial charge in [-0.25, -0.2) is 4.98 Å². The molecule has 0 unspecified atom stereocenters. The molecule has 0 aliphatic rings. The van der Waals surface area contributed by atoms with Crippen LogP contribution in [0.15, 0.2) is 35.1 Å². The average molecular weight is 288 g/mol. The van der Waals surface area contributed by atoms with Crippen LogP contribution in [0.1, 0.15) is 11.1 Å². The minimum absolute atomic E-state index is 0.529. The summed E-state index contributed by atoms with van der Waals surface area (Å²) in [6, 6.07) is 9.67. The molecule has 2 aromatic rings. The van der Waals surface area contributed by atoms with Gasteiger partial charge < -0.3 is 5.73 Å². The molecule has 84 valence electrons. The Kier molecular flexibility index (Phi) is 3.12. The Morgan fingerprint density at radius 3 is 2.76 bits per heavy atom. The van der Waals surface area contributed by atoms with Crippen molar-refractivity contribution in [2.24, 2.45) is 0 Å². The number of aromatic nitrogens is 1. The molecule has 1 heterocycles. The summed E-state index contributed by atoms with van der Waals surface area (Å²) in [5.41, 5.74) is 9.91. The molecule has 0 atom stereocenters. The van der Waals surface area contributed by atoms with Gasteiger partial charge in [0.25, 0.3) is 0 Å². The predicted octanol–water partition coefficient (Wildman–Crippen LogP) is 3.27. The third kappa shape index (κ3) is 2.02. The van der Waals surface area contributed by atoms with E-state index in [9.17, 15) is 0 Å². The van der Waals surface area contributed by atoms with Gasteiger partial charge in [0, 0.05) is 17.4 Å². The van der Waals surface area contributed by atoms with Crippen molar-refractivity contribution < 1.29 is 0 Å². The van der Waals surface area contributed by atoms with E-state index in [1.807, 2.05) is 31.2 Å². The molecule has 0 amide bonds. The summed E-state index contributed by atoms with van der Waals surface area (Å²) in [7, 11) is 0. The molecule has 0 spiro atoms. The number of nitriles is 1. The molecule has 2 rings (SSSR count). The highest BCUT2D eigenvalue weighted by atomic mass is 79.9. The van der Waals surface area contributed by atoms with E-state index in [0.29, 0.717) is 10.2 Å². The van der Waals surface area contributed by atoms with Crippen molar-refractivity contribution in [2.45, 2.75) is 6.92 Å². The van der Waals surface area contributed by atoms with Crippen LogP contribution in [0.25, 0.3) is 11.1 Å². The fraction of sp³-hybridized carbons (Fsp3) is 0.0769. The molecular weight excluding hydrogens is 278 g/mol. The fourth-order valence-electron chi connectivity index (χ4n) is 1.71. The minimum Gasteiger partial charge on any atom is -0.398 e. The second kappa shape index (κ2) is 4.56. The van der Waals surface area contributed by atoms with Crippen LogP contribution < -0.4 is 5.73 Å². The van der Waals surface area contributed by atoms with E-state index >= 15 is 0 Å². The van der Waals surface area contributed by atoms with E-state index in [4.69, 9.17) is 11.0 Å². The molecule has 0 fully saturated rings. The van der Waals surface area contributed by atoms with Crippen molar-refractivity contribution in [3.05, 3.63) is 46.2 Å². The second-order valence-electron chi connectivity index (χ2n) is 3.66. The molecule has 0 saturated heterocycles. The first-order valence-electron chi connectivity index (χ1n) is 5.05. The largest absolute Gasteiger partial charge is 0.398 e. The third-order valence-corrected chi connectivity index (χ3v) is 3.28. The zero-order valence-electron chi connectivity index (χ0n) is 9.24. The van der Waals surface area contributed by atoms with Gasteiger partial charge in [-0.05, 0) is 46.1 Å². The van der Waals surface area contributed by atoms with Crippen LogP contribution in [0.4, 0.5) is 5.69 Å². The quantitative estimate of drug-likeness (QED) is 0.647. The number of nitrogens with zero attached hydrogens (tertiary/aromatic N) is 2. The number of nitrogens with two attached hydrogens (primary N) is 1. The molecule has 17 heavy (non-hydrogen) atoms. The lowest BCUT2D eigenvalue weighted by Gasteiger charge is -2.10. The number of rotatable bonds is 1.